The first kappa shape index (κ1) is 15.3. The highest BCUT2D eigenvalue weighted by atomic mass is 79.9. The second kappa shape index (κ2) is 4.45. The summed E-state index contributed by atoms with van der Waals surface area (Å²) in [5.41, 5.74) is -0.164. The molecule has 5 heteroatoms. The van der Waals surface area contributed by atoms with Crippen molar-refractivity contribution in [3.8, 4) is 0 Å². The predicted octanol–water partition coefficient (Wildman–Crippen LogP) is 4.20. The molecule has 0 aliphatic heterocycles. The van der Waals surface area contributed by atoms with E-state index in [9.17, 15) is 4.79 Å². The summed E-state index contributed by atoms with van der Waals surface area (Å²) >= 11 is 11.2. The maximum absolute atomic E-state index is 12.6. The second-order valence-corrected chi connectivity index (χ2v) is 10.4. The highest BCUT2D eigenvalue weighted by molar-refractivity contribution is 9.24. The lowest BCUT2D eigenvalue weighted by Gasteiger charge is -2.66. The highest BCUT2D eigenvalue weighted by Gasteiger charge is 2.83. The van der Waals surface area contributed by atoms with E-state index in [1.165, 1.54) is 0 Å². The molecule has 0 aromatic rings. The van der Waals surface area contributed by atoms with Gasteiger partial charge in [-0.3, -0.25) is 4.79 Å². The number of carbonyl (C=O) groups is 1. The Kier molecular flexibility index (Phi) is 3.79. The first-order valence-corrected chi connectivity index (χ1v) is 9.12. The van der Waals surface area contributed by atoms with Crippen molar-refractivity contribution in [1.82, 2.24) is 5.32 Å². The van der Waals surface area contributed by atoms with E-state index in [0.717, 1.165) is 12.8 Å². The number of amides is 1. The number of rotatable bonds is 3. The van der Waals surface area contributed by atoms with Crippen LogP contribution < -0.4 is 5.32 Å². The maximum atomic E-state index is 12.6. The van der Waals surface area contributed by atoms with E-state index in [0.29, 0.717) is 0 Å². The average molecular weight is 446 g/mol. The number of nitrogens with one attached hydrogen (secondary N) is 1. The molecule has 1 amide bonds. The third-order valence-electron chi connectivity index (χ3n) is 5.31. The first-order valence-electron chi connectivity index (χ1n) is 6.38. The lowest BCUT2D eigenvalue weighted by atomic mass is 9.43. The second-order valence-electron chi connectivity index (χ2n) is 6.43. The fourth-order valence-corrected chi connectivity index (χ4v) is 9.00. The minimum absolute atomic E-state index is 0.00912. The summed E-state index contributed by atoms with van der Waals surface area (Å²) in [6.07, 6.45) is 2.03. The van der Waals surface area contributed by atoms with Crippen LogP contribution in [0.25, 0.3) is 0 Å². The lowest BCUT2D eigenvalue weighted by Crippen LogP contribution is -2.72. The van der Waals surface area contributed by atoms with Crippen LogP contribution in [0.2, 0.25) is 0 Å². The standard InChI is InChI=1S/C13H20Br3NO/c1-7(2)17-10(18)13-6-5-12(8(13)14,9(15)16)11(13,3)4/h7-9H,5-6H2,1-4H3,(H,17,18)/t8-,12-,13-/m0/s1. The molecule has 3 rings (SSSR count). The van der Waals surface area contributed by atoms with E-state index < -0.39 is 0 Å². The van der Waals surface area contributed by atoms with Crippen molar-refractivity contribution in [1.29, 1.82) is 0 Å². The molecule has 0 heterocycles. The Labute approximate surface area is 134 Å². The molecule has 0 aromatic heterocycles. The van der Waals surface area contributed by atoms with Gasteiger partial charge in [-0.2, -0.15) is 0 Å². The number of fused-ring (bicyclic) bond motifs is 1. The minimum atomic E-state index is -0.267. The quantitative estimate of drug-likeness (QED) is 0.648. The molecular weight excluding hydrogens is 426 g/mol. The number of carbonyl (C=O) groups excluding carboxylic acids is 1. The molecule has 3 aliphatic rings. The van der Waals surface area contributed by atoms with Crippen molar-refractivity contribution in [2.24, 2.45) is 16.2 Å². The average Bonchev–Trinajstić information content (AvgIpc) is 2.66. The summed E-state index contributed by atoms with van der Waals surface area (Å²) in [4.78, 5) is 12.9. The Bertz CT molecular complexity index is 382. The van der Waals surface area contributed by atoms with Gasteiger partial charge in [-0.05, 0) is 32.1 Å². The first-order chi connectivity index (χ1) is 8.14. The van der Waals surface area contributed by atoms with Gasteiger partial charge in [0.25, 0.3) is 0 Å². The Balaban J connectivity index is 2.36. The summed E-state index contributed by atoms with van der Waals surface area (Å²) in [5.74, 6) is 0.207. The third kappa shape index (κ3) is 1.47. The van der Waals surface area contributed by atoms with Gasteiger partial charge in [0.1, 0.15) is 0 Å². The van der Waals surface area contributed by atoms with Crippen molar-refractivity contribution >= 4 is 53.7 Å². The van der Waals surface area contributed by atoms with Gasteiger partial charge in [0.05, 0.1) is 9.15 Å². The molecule has 0 radical (unpaired) electrons. The smallest absolute Gasteiger partial charge is 0.228 e. The third-order valence-corrected chi connectivity index (χ3v) is 8.54. The number of alkyl halides is 3. The van der Waals surface area contributed by atoms with Crippen molar-refractivity contribution in [3.05, 3.63) is 0 Å². The fraction of sp³-hybridized carbons (Fsp3) is 0.923. The van der Waals surface area contributed by atoms with Crippen LogP contribution in [-0.2, 0) is 4.79 Å². The predicted molar refractivity (Wildman–Crippen MR) is 85.5 cm³/mol. The fourth-order valence-electron chi connectivity index (χ4n) is 4.09. The SMILES string of the molecule is CC(C)NC(=O)[C@]12CC[C@@](C(Br)Br)([C@@H]1Br)C2(C)C. The van der Waals surface area contributed by atoms with Gasteiger partial charge in [0.15, 0.2) is 0 Å². The summed E-state index contributed by atoms with van der Waals surface area (Å²) in [6, 6.07) is 0.196. The van der Waals surface area contributed by atoms with E-state index in [1.807, 2.05) is 13.8 Å². The molecule has 3 saturated carbocycles. The molecule has 1 N–H and O–H groups in total. The molecule has 3 atom stereocenters. The largest absolute Gasteiger partial charge is 0.353 e. The summed E-state index contributed by atoms with van der Waals surface area (Å²) in [7, 11) is 0. The maximum Gasteiger partial charge on any atom is 0.228 e. The number of hydrogen-bond donors (Lipinski definition) is 1. The molecular formula is C13H20Br3NO. The van der Waals surface area contributed by atoms with Gasteiger partial charge in [0, 0.05) is 16.3 Å². The monoisotopic (exact) mass is 443 g/mol. The van der Waals surface area contributed by atoms with Crippen LogP contribution in [0.5, 0.6) is 0 Å². The number of halogens is 3. The zero-order chi connectivity index (χ0) is 13.9. The Morgan fingerprint density at radius 2 is 1.83 bits per heavy atom. The zero-order valence-electron chi connectivity index (χ0n) is 11.2. The zero-order valence-corrected chi connectivity index (χ0v) is 15.9. The lowest BCUT2D eigenvalue weighted by molar-refractivity contribution is -0.162. The Hall–Kier alpha value is 0.910. The van der Waals surface area contributed by atoms with Crippen LogP contribution >= 0.6 is 47.8 Å². The molecule has 0 saturated heterocycles. The summed E-state index contributed by atoms with van der Waals surface area (Å²) < 4.78 is 0.236. The minimum Gasteiger partial charge on any atom is -0.353 e. The topological polar surface area (TPSA) is 29.1 Å². The van der Waals surface area contributed by atoms with E-state index in [1.54, 1.807) is 0 Å². The van der Waals surface area contributed by atoms with Crippen molar-refractivity contribution < 1.29 is 4.79 Å². The van der Waals surface area contributed by atoms with Crippen LogP contribution in [-0.4, -0.2) is 20.5 Å². The van der Waals surface area contributed by atoms with E-state index in [4.69, 9.17) is 0 Å². The molecule has 3 fully saturated rings. The van der Waals surface area contributed by atoms with Gasteiger partial charge >= 0.3 is 0 Å². The molecule has 3 aliphatic carbocycles. The molecule has 2 nitrogen and oxygen atoms in total. The van der Waals surface area contributed by atoms with Gasteiger partial charge < -0.3 is 5.32 Å². The van der Waals surface area contributed by atoms with Crippen LogP contribution in [0.4, 0.5) is 0 Å². The molecule has 18 heavy (non-hydrogen) atoms. The van der Waals surface area contributed by atoms with Crippen LogP contribution in [0.3, 0.4) is 0 Å². The van der Waals surface area contributed by atoms with E-state index >= 15 is 0 Å². The van der Waals surface area contributed by atoms with Crippen molar-refractivity contribution in [2.75, 3.05) is 0 Å². The normalized spacial score (nSPS) is 41.1. The van der Waals surface area contributed by atoms with Gasteiger partial charge in [0.2, 0.25) is 5.91 Å². The number of hydrogen-bond acceptors (Lipinski definition) is 1. The molecule has 104 valence electrons. The molecule has 2 bridgehead atoms. The van der Waals surface area contributed by atoms with Crippen LogP contribution in [0.1, 0.15) is 40.5 Å². The van der Waals surface area contributed by atoms with Gasteiger partial charge in [-0.1, -0.05) is 61.6 Å². The Morgan fingerprint density at radius 3 is 2.17 bits per heavy atom. The van der Waals surface area contributed by atoms with Crippen LogP contribution in [0, 0.1) is 16.2 Å². The van der Waals surface area contributed by atoms with E-state index in [-0.39, 0.29) is 36.8 Å². The van der Waals surface area contributed by atoms with Crippen LogP contribution in [0.15, 0.2) is 0 Å². The summed E-state index contributed by atoms with van der Waals surface area (Å²) in [5, 5.41) is 3.11. The Morgan fingerprint density at radius 1 is 1.28 bits per heavy atom. The molecule has 0 spiro atoms. The molecule has 0 unspecified atom stereocenters. The van der Waals surface area contributed by atoms with Crippen molar-refractivity contribution in [2.45, 2.75) is 55.1 Å². The summed E-state index contributed by atoms with van der Waals surface area (Å²) in [6.45, 7) is 8.49. The van der Waals surface area contributed by atoms with E-state index in [2.05, 4.69) is 67.0 Å². The van der Waals surface area contributed by atoms with Gasteiger partial charge in [-0.25, -0.2) is 0 Å². The van der Waals surface area contributed by atoms with Crippen molar-refractivity contribution in [3.63, 3.8) is 0 Å². The highest BCUT2D eigenvalue weighted by Crippen LogP contribution is 2.82. The molecule has 0 aromatic carbocycles. The van der Waals surface area contributed by atoms with Gasteiger partial charge in [-0.15, -0.1) is 0 Å².